The van der Waals surface area contributed by atoms with Crippen molar-refractivity contribution >= 4 is 34.7 Å². The summed E-state index contributed by atoms with van der Waals surface area (Å²) in [7, 11) is 1.79. The molecule has 0 aliphatic carbocycles. The van der Waals surface area contributed by atoms with Gasteiger partial charge in [0.1, 0.15) is 0 Å². The molecule has 0 fully saturated rings. The van der Waals surface area contributed by atoms with Gasteiger partial charge in [0, 0.05) is 29.9 Å². The van der Waals surface area contributed by atoms with Gasteiger partial charge in [-0.05, 0) is 18.2 Å². The van der Waals surface area contributed by atoms with E-state index in [9.17, 15) is 4.79 Å². The molecule has 0 bridgehead atoms. The van der Waals surface area contributed by atoms with Crippen LogP contribution < -0.4 is 16.4 Å². The molecular weight excluding hydrogens is 278 g/mol. The van der Waals surface area contributed by atoms with E-state index in [4.69, 9.17) is 15.6 Å². The Morgan fingerprint density at radius 2 is 2.10 bits per heavy atom. The normalized spacial score (nSPS) is 10.3. The van der Waals surface area contributed by atoms with Crippen molar-refractivity contribution in [3.8, 4) is 0 Å². The summed E-state index contributed by atoms with van der Waals surface area (Å²) in [6, 6.07) is 5.33. The second-order valence-electron chi connectivity index (χ2n) is 4.03. The summed E-state index contributed by atoms with van der Waals surface area (Å²) in [5, 5.41) is 14.3. The van der Waals surface area contributed by atoms with Crippen molar-refractivity contribution in [3.05, 3.63) is 18.2 Å². The number of aliphatic hydroxyl groups excluding tert-OH is 1. The zero-order valence-corrected chi connectivity index (χ0v) is 12.3. The van der Waals surface area contributed by atoms with Crippen LogP contribution in [0.3, 0.4) is 0 Å². The van der Waals surface area contributed by atoms with Crippen LogP contribution in [0.5, 0.6) is 0 Å². The largest absolute Gasteiger partial charge is 0.399 e. The van der Waals surface area contributed by atoms with E-state index >= 15 is 0 Å². The number of hydrogen-bond acceptors (Lipinski definition) is 6. The highest BCUT2D eigenvalue weighted by Gasteiger charge is 2.04. The summed E-state index contributed by atoms with van der Waals surface area (Å²) in [4.78, 5) is 11.7. The zero-order valence-electron chi connectivity index (χ0n) is 11.5. The highest BCUT2D eigenvalue weighted by atomic mass is 32.2. The van der Waals surface area contributed by atoms with Gasteiger partial charge in [0.2, 0.25) is 5.91 Å². The summed E-state index contributed by atoms with van der Waals surface area (Å²) in [6.07, 6.45) is 0. The fraction of sp³-hybridized carbons (Fsp3) is 0.462. The van der Waals surface area contributed by atoms with Crippen LogP contribution in [0, 0.1) is 0 Å². The lowest BCUT2D eigenvalue weighted by atomic mass is 10.2. The predicted molar refractivity (Wildman–Crippen MR) is 84.3 cm³/mol. The van der Waals surface area contributed by atoms with Crippen LogP contribution in [0.1, 0.15) is 0 Å². The van der Waals surface area contributed by atoms with Gasteiger partial charge in [-0.1, -0.05) is 0 Å². The smallest absolute Gasteiger partial charge is 0.234 e. The number of ether oxygens (including phenoxy) is 1. The number of anilines is 3. The lowest BCUT2D eigenvalue weighted by molar-refractivity contribution is -0.113. The number of amides is 1. The molecule has 0 aliphatic rings. The lowest BCUT2D eigenvalue weighted by Crippen LogP contribution is -2.15. The van der Waals surface area contributed by atoms with E-state index < -0.39 is 0 Å². The van der Waals surface area contributed by atoms with Crippen molar-refractivity contribution in [2.45, 2.75) is 0 Å². The van der Waals surface area contributed by atoms with Crippen molar-refractivity contribution in [1.82, 2.24) is 0 Å². The van der Waals surface area contributed by atoms with E-state index in [1.54, 1.807) is 19.2 Å². The third-order valence-electron chi connectivity index (χ3n) is 2.37. The van der Waals surface area contributed by atoms with E-state index in [1.807, 2.05) is 6.07 Å². The van der Waals surface area contributed by atoms with Crippen LogP contribution in [0.2, 0.25) is 0 Å². The van der Waals surface area contributed by atoms with Gasteiger partial charge in [-0.2, -0.15) is 0 Å². The fourth-order valence-electron chi connectivity index (χ4n) is 1.51. The second-order valence-corrected chi connectivity index (χ2v) is 5.14. The van der Waals surface area contributed by atoms with Gasteiger partial charge in [-0.3, -0.25) is 4.79 Å². The third-order valence-corrected chi connectivity index (χ3v) is 3.29. The standard InChI is InChI=1S/C13H21N3O3S/c1-15-11-6-10(14)7-12(8-11)16-13(18)9-20-5-4-19-3-2-17/h6-8,15,17H,2-5,9,14H2,1H3,(H,16,18). The first-order valence-corrected chi connectivity index (χ1v) is 7.45. The van der Waals surface area contributed by atoms with E-state index in [-0.39, 0.29) is 12.5 Å². The maximum atomic E-state index is 11.7. The Morgan fingerprint density at radius 1 is 1.35 bits per heavy atom. The quantitative estimate of drug-likeness (QED) is 0.401. The Kier molecular flexibility index (Phi) is 7.86. The summed E-state index contributed by atoms with van der Waals surface area (Å²) in [5.74, 6) is 0.989. The van der Waals surface area contributed by atoms with Crippen molar-refractivity contribution in [2.75, 3.05) is 54.7 Å². The van der Waals surface area contributed by atoms with Gasteiger partial charge in [-0.15, -0.1) is 11.8 Å². The number of nitrogens with one attached hydrogen (secondary N) is 2. The van der Waals surface area contributed by atoms with Crippen molar-refractivity contribution in [2.24, 2.45) is 0 Å². The molecule has 112 valence electrons. The average Bonchev–Trinajstić information content (AvgIpc) is 2.42. The summed E-state index contributed by atoms with van der Waals surface area (Å²) < 4.78 is 5.10. The zero-order chi connectivity index (χ0) is 14.8. The van der Waals surface area contributed by atoms with Crippen molar-refractivity contribution in [3.63, 3.8) is 0 Å². The van der Waals surface area contributed by atoms with Gasteiger partial charge in [0.25, 0.3) is 0 Å². The molecule has 20 heavy (non-hydrogen) atoms. The van der Waals surface area contributed by atoms with Crippen LogP contribution in [-0.4, -0.2) is 49.4 Å². The number of carbonyl (C=O) groups excluding carboxylic acids is 1. The molecule has 0 saturated carbocycles. The maximum absolute atomic E-state index is 11.7. The average molecular weight is 299 g/mol. The summed E-state index contributed by atoms with van der Waals surface area (Å²) in [6.45, 7) is 0.887. The minimum atomic E-state index is -0.0789. The molecule has 1 aromatic rings. The molecule has 0 saturated heterocycles. The SMILES string of the molecule is CNc1cc(N)cc(NC(=O)CSCCOCCO)c1. The number of thioether (sulfide) groups is 1. The number of aliphatic hydroxyl groups is 1. The minimum absolute atomic E-state index is 0.0222. The molecule has 5 N–H and O–H groups in total. The first-order chi connectivity index (χ1) is 9.65. The van der Waals surface area contributed by atoms with Crippen LogP contribution in [-0.2, 0) is 9.53 Å². The number of hydrogen-bond donors (Lipinski definition) is 4. The highest BCUT2D eigenvalue weighted by molar-refractivity contribution is 7.99. The summed E-state index contributed by atoms with van der Waals surface area (Å²) >= 11 is 1.48. The monoisotopic (exact) mass is 299 g/mol. The molecule has 7 heteroatoms. The van der Waals surface area contributed by atoms with Gasteiger partial charge in [0.05, 0.1) is 25.6 Å². The van der Waals surface area contributed by atoms with E-state index in [0.717, 1.165) is 5.69 Å². The Bertz CT molecular complexity index is 429. The molecule has 0 heterocycles. The van der Waals surface area contributed by atoms with Crippen molar-refractivity contribution < 1.29 is 14.6 Å². The predicted octanol–water partition coefficient (Wildman–Crippen LogP) is 0.991. The molecule has 0 unspecified atom stereocenters. The number of benzene rings is 1. The molecule has 1 rings (SSSR count). The third kappa shape index (κ3) is 6.65. The Morgan fingerprint density at radius 3 is 2.80 bits per heavy atom. The number of rotatable bonds is 9. The van der Waals surface area contributed by atoms with Gasteiger partial charge in [-0.25, -0.2) is 0 Å². The first kappa shape index (κ1) is 16.6. The van der Waals surface area contributed by atoms with Crippen LogP contribution >= 0.6 is 11.8 Å². The molecule has 0 aromatic heterocycles. The van der Waals surface area contributed by atoms with E-state index in [1.165, 1.54) is 11.8 Å². The number of nitrogens with two attached hydrogens (primary N) is 1. The number of carbonyl (C=O) groups is 1. The molecular formula is C13H21N3O3S. The van der Waals surface area contributed by atoms with Gasteiger partial charge in [0.15, 0.2) is 0 Å². The Labute approximate surface area is 123 Å². The fourth-order valence-corrected chi connectivity index (χ4v) is 2.15. The van der Waals surface area contributed by atoms with E-state index in [0.29, 0.717) is 36.1 Å². The topological polar surface area (TPSA) is 96.6 Å². The highest BCUT2D eigenvalue weighted by Crippen LogP contribution is 2.20. The minimum Gasteiger partial charge on any atom is -0.399 e. The molecule has 0 atom stereocenters. The van der Waals surface area contributed by atoms with Crippen LogP contribution in [0.4, 0.5) is 17.1 Å². The van der Waals surface area contributed by atoms with Crippen LogP contribution in [0.25, 0.3) is 0 Å². The molecule has 1 aromatic carbocycles. The van der Waals surface area contributed by atoms with E-state index in [2.05, 4.69) is 10.6 Å². The Hall–Kier alpha value is -1.44. The first-order valence-electron chi connectivity index (χ1n) is 6.30. The second kappa shape index (κ2) is 9.46. The maximum Gasteiger partial charge on any atom is 0.234 e. The lowest BCUT2D eigenvalue weighted by Gasteiger charge is -2.09. The Balaban J connectivity index is 2.30. The molecule has 0 aliphatic heterocycles. The summed E-state index contributed by atoms with van der Waals surface area (Å²) in [5.41, 5.74) is 7.87. The molecule has 0 spiro atoms. The molecule has 0 radical (unpaired) electrons. The van der Waals surface area contributed by atoms with Gasteiger partial charge < -0.3 is 26.2 Å². The van der Waals surface area contributed by atoms with Crippen molar-refractivity contribution in [1.29, 1.82) is 0 Å². The van der Waals surface area contributed by atoms with Gasteiger partial charge >= 0.3 is 0 Å². The molecule has 6 nitrogen and oxygen atoms in total. The number of nitrogen functional groups attached to an aromatic ring is 1. The van der Waals surface area contributed by atoms with Crippen LogP contribution in [0.15, 0.2) is 18.2 Å². The molecule has 1 amide bonds.